The molecule has 0 spiro atoms. The topological polar surface area (TPSA) is 63.3 Å². The summed E-state index contributed by atoms with van der Waals surface area (Å²) in [5, 5.41) is 10.2. The minimum Gasteiger partial charge on any atom is -0.398 e. The van der Waals surface area contributed by atoms with Gasteiger partial charge in [-0.05, 0) is 17.2 Å². The number of carbonyl (C=O) groups is 1. The van der Waals surface area contributed by atoms with E-state index in [1.54, 1.807) is 0 Å². The summed E-state index contributed by atoms with van der Waals surface area (Å²) in [6, 6.07) is 15.7. The molecule has 4 heteroatoms. The Balaban J connectivity index is 0.000000861. The van der Waals surface area contributed by atoms with Crippen LogP contribution in [0.2, 0.25) is 0 Å². The van der Waals surface area contributed by atoms with Gasteiger partial charge in [-0.3, -0.25) is 0 Å². The summed E-state index contributed by atoms with van der Waals surface area (Å²) in [5.74, 6) is 0. The molecule has 3 nitrogen and oxygen atoms in total. The van der Waals surface area contributed by atoms with Crippen LogP contribution in [0.15, 0.2) is 48.5 Å². The Hall–Kier alpha value is -1.65. The molecular weight excluding hydrogens is 306 g/mol. The highest BCUT2D eigenvalue weighted by atomic mass is 79.9. The first-order chi connectivity index (χ1) is 9.22. The van der Waals surface area contributed by atoms with Crippen molar-refractivity contribution in [2.45, 2.75) is 6.10 Å². The highest BCUT2D eigenvalue weighted by Crippen LogP contribution is 2.28. The minimum atomic E-state index is -0.512. The minimum absolute atomic E-state index is 0.511. The van der Waals surface area contributed by atoms with Crippen LogP contribution < -0.4 is 5.73 Å². The molecule has 0 aliphatic carbocycles. The van der Waals surface area contributed by atoms with Gasteiger partial charge in [-0.2, -0.15) is 0 Å². The highest BCUT2D eigenvalue weighted by Gasteiger charge is 2.08. The van der Waals surface area contributed by atoms with Crippen molar-refractivity contribution in [1.82, 2.24) is 0 Å². The molecule has 0 saturated carbocycles. The van der Waals surface area contributed by atoms with Crippen molar-refractivity contribution in [3.63, 3.8) is 0 Å². The lowest BCUT2D eigenvalue weighted by Gasteiger charge is -2.11. The number of halogens is 1. The van der Waals surface area contributed by atoms with Gasteiger partial charge >= 0.3 is 0 Å². The smallest absolute Gasteiger partial charge is 0.106 e. The van der Waals surface area contributed by atoms with Gasteiger partial charge in [0.1, 0.15) is 6.79 Å². The fraction of sp³-hybridized carbons (Fsp3) is 0.133. The summed E-state index contributed by atoms with van der Waals surface area (Å²) in [6.07, 6.45) is -0.512. The number of nitrogen functional groups attached to an aromatic ring is 1. The lowest BCUT2D eigenvalue weighted by molar-refractivity contribution is -0.0979. The van der Waals surface area contributed by atoms with Crippen LogP contribution in [0.5, 0.6) is 0 Å². The molecule has 0 unspecified atom stereocenters. The summed E-state index contributed by atoms with van der Waals surface area (Å²) < 4.78 is 0. The number of hydrogen-bond donors (Lipinski definition) is 2. The first-order valence-electron chi connectivity index (χ1n) is 5.70. The Kier molecular flexibility index (Phi) is 6.25. The van der Waals surface area contributed by atoms with Crippen molar-refractivity contribution >= 4 is 28.4 Å². The molecule has 0 radical (unpaired) electrons. The molecule has 2 rings (SSSR count). The lowest BCUT2D eigenvalue weighted by atomic mass is 10.0. The Morgan fingerprint density at radius 2 is 1.79 bits per heavy atom. The van der Waals surface area contributed by atoms with Crippen LogP contribution in [0.1, 0.15) is 11.7 Å². The Bertz CT molecular complexity index is 517. The molecule has 0 amide bonds. The third kappa shape index (κ3) is 3.91. The number of alkyl halides is 1. The van der Waals surface area contributed by atoms with E-state index in [4.69, 9.17) is 10.5 Å². The first-order valence-corrected chi connectivity index (χ1v) is 6.82. The molecule has 19 heavy (non-hydrogen) atoms. The molecule has 0 fully saturated rings. The standard InChI is InChI=1S/C14H14BrNO.CH2O/c15-9-14(17)11-6-7-12(13(16)8-11)10-4-2-1-3-5-10;1-2/h1-8,14,17H,9,16H2;1H2/t14-;/m1./s1. The van der Waals surface area contributed by atoms with Gasteiger partial charge in [0.2, 0.25) is 0 Å². The molecule has 0 aliphatic rings. The fourth-order valence-electron chi connectivity index (χ4n) is 1.76. The van der Waals surface area contributed by atoms with Crippen molar-refractivity contribution in [3.05, 3.63) is 54.1 Å². The average molecular weight is 322 g/mol. The van der Waals surface area contributed by atoms with Crippen molar-refractivity contribution in [1.29, 1.82) is 0 Å². The first kappa shape index (κ1) is 15.4. The van der Waals surface area contributed by atoms with Gasteiger partial charge in [-0.1, -0.05) is 58.4 Å². The van der Waals surface area contributed by atoms with E-state index in [2.05, 4.69) is 15.9 Å². The molecule has 0 aromatic heterocycles. The molecule has 0 bridgehead atoms. The SMILES string of the molecule is C=O.Nc1cc([C@H](O)CBr)ccc1-c1ccccc1. The van der Waals surface area contributed by atoms with Gasteiger partial charge in [0.05, 0.1) is 6.10 Å². The van der Waals surface area contributed by atoms with Crippen LogP contribution in [0.25, 0.3) is 11.1 Å². The monoisotopic (exact) mass is 321 g/mol. The van der Waals surface area contributed by atoms with E-state index >= 15 is 0 Å². The molecule has 0 saturated heterocycles. The number of rotatable bonds is 3. The molecule has 2 aromatic carbocycles. The second kappa shape index (κ2) is 7.71. The number of aliphatic hydroxyl groups excluding tert-OH is 1. The number of hydrogen-bond acceptors (Lipinski definition) is 3. The van der Waals surface area contributed by atoms with Gasteiger partial charge in [0.25, 0.3) is 0 Å². The Morgan fingerprint density at radius 3 is 2.32 bits per heavy atom. The summed E-state index contributed by atoms with van der Waals surface area (Å²) in [7, 11) is 0. The molecule has 0 aliphatic heterocycles. The van der Waals surface area contributed by atoms with Crippen molar-refractivity contribution in [3.8, 4) is 11.1 Å². The normalized spacial score (nSPS) is 11.3. The van der Waals surface area contributed by atoms with Crippen LogP contribution in [0.3, 0.4) is 0 Å². The zero-order valence-corrected chi connectivity index (χ0v) is 12.0. The second-order valence-corrected chi connectivity index (χ2v) is 4.53. The van der Waals surface area contributed by atoms with E-state index in [9.17, 15) is 5.11 Å². The fourth-order valence-corrected chi connectivity index (χ4v) is 2.13. The highest BCUT2D eigenvalue weighted by molar-refractivity contribution is 9.09. The maximum absolute atomic E-state index is 9.71. The van der Waals surface area contributed by atoms with Gasteiger partial charge in [-0.25, -0.2) is 0 Å². The van der Waals surface area contributed by atoms with Gasteiger partial charge in [0, 0.05) is 16.6 Å². The van der Waals surface area contributed by atoms with Crippen LogP contribution >= 0.6 is 15.9 Å². The summed E-state index contributed by atoms with van der Waals surface area (Å²) >= 11 is 3.25. The largest absolute Gasteiger partial charge is 0.398 e. The average Bonchev–Trinajstić information content (AvgIpc) is 2.49. The second-order valence-electron chi connectivity index (χ2n) is 3.88. The third-order valence-corrected chi connectivity index (χ3v) is 3.30. The summed E-state index contributed by atoms with van der Waals surface area (Å²) in [4.78, 5) is 8.00. The molecular formula is C15H16BrNO2. The van der Waals surface area contributed by atoms with E-state index in [0.29, 0.717) is 11.0 Å². The number of nitrogens with two attached hydrogens (primary N) is 1. The third-order valence-electron chi connectivity index (χ3n) is 2.69. The summed E-state index contributed by atoms with van der Waals surface area (Å²) in [5.41, 5.74) is 9.62. The predicted octanol–water partition coefficient (Wildman–Crippen LogP) is 3.18. The maximum atomic E-state index is 9.71. The number of benzene rings is 2. The van der Waals surface area contributed by atoms with Crippen LogP contribution in [0, 0.1) is 0 Å². The van der Waals surface area contributed by atoms with Gasteiger partial charge in [-0.15, -0.1) is 0 Å². The van der Waals surface area contributed by atoms with E-state index in [1.807, 2.05) is 55.3 Å². The van der Waals surface area contributed by atoms with Crippen molar-refractivity contribution in [2.24, 2.45) is 0 Å². The summed E-state index contributed by atoms with van der Waals surface area (Å²) in [6.45, 7) is 2.00. The number of anilines is 1. The molecule has 100 valence electrons. The van der Waals surface area contributed by atoms with Gasteiger partial charge < -0.3 is 15.6 Å². The van der Waals surface area contributed by atoms with Crippen LogP contribution in [-0.4, -0.2) is 17.2 Å². The van der Waals surface area contributed by atoms with E-state index < -0.39 is 6.10 Å². The van der Waals surface area contributed by atoms with E-state index in [0.717, 1.165) is 16.7 Å². The van der Waals surface area contributed by atoms with Crippen molar-refractivity contribution in [2.75, 3.05) is 11.1 Å². The quantitative estimate of drug-likeness (QED) is 0.674. The number of carbonyl (C=O) groups excluding carboxylic acids is 1. The number of aliphatic hydroxyl groups is 1. The van der Waals surface area contributed by atoms with Crippen LogP contribution in [-0.2, 0) is 4.79 Å². The van der Waals surface area contributed by atoms with E-state index in [-0.39, 0.29) is 0 Å². The Morgan fingerprint density at radius 1 is 1.16 bits per heavy atom. The maximum Gasteiger partial charge on any atom is 0.106 e. The zero-order chi connectivity index (χ0) is 14.3. The van der Waals surface area contributed by atoms with Gasteiger partial charge in [0.15, 0.2) is 0 Å². The van der Waals surface area contributed by atoms with E-state index in [1.165, 1.54) is 0 Å². The zero-order valence-electron chi connectivity index (χ0n) is 10.4. The molecule has 1 atom stereocenters. The molecule has 0 heterocycles. The van der Waals surface area contributed by atoms with Crippen molar-refractivity contribution < 1.29 is 9.90 Å². The predicted molar refractivity (Wildman–Crippen MR) is 82.2 cm³/mol. The van der Waals surface area contributed by atoms with Crippen LogP contribution in [0.4, 0.5) is 5.69 Å². The molecule has 2 aromatic rings. The molecule has 3 N–H and O–H groups in total. The lowest BCUT2D eigenvalue weighted by Crippen LogP contribution is -2.00. The Labute approximate surface area is 121 Å².